The maximum absolute atomic E-state index is 6.11. The minimum atomic E-state index is 0.0605. The van der Waals surface area contributed by atoms with Crippen LogP contribution in [0.25, 0.3) is 0 Å². The summed E-state index contributed by atoms with van der Waals surface area (Å²) in [4.78, 5) is 2.63. The van der Waals surface area contributed by atoms with Gasteiger partial charge >= 0.3 is 0 Å². The summed E-state index contributed by atoms with van der Waals surface area (Å²) in [5, 5.41) is 0.797. The topological polar surface area (TPSA) is 29.3 Å². The van der Waals surface area contributed by atoms with Crippen molar-refractivity contribution in [2.45, 2.75) is 51.1 Å². The number of rotatable bonds is 5. The molecule has 1 fully saturated rings. The fourth-order valence-corrected chi connectivity index (χ4v) is 3.43. The third kappa shape index (κ3) is 3.31. The second kappa shape index (κ2) is 6.25. The monoisotopic (exact) mass is 280 g/mol. The molecule has 2 unspecified atom stereocenters. The molecule has 0 radical (unpaired) electrons. The van der Waals surface area contributed by atoms with Crippen LogP contribution in [0.5, 0.6) is 0 Å². The summed E-state index contributed by atoms with van der Waals surface area (Å²) in [5.74, 6) is 0. The van der Waals surface area contributed by atoms with Crippen LogP contribution >= 0.6 is 11.6 Å². The van der Waals surface area contributed by atoms with Gasteiger partial charge in [-0.05, 0) is 56.8 Å². The van der Waals surface area contributed by atoms with Crippen LogP contribution < -0.4 is 5.73 Å². The Labute approximate surface area is 121 Å². The van der Waals surface area contributed by atoms with Crippen molar-refractivity contribution in [3.8, 4) is 0 Å². The van der Waals surface area contributed by atoms with Gasteiger partial charge in [0, 0.05) is 23.1 Å². The van der Waals surface area contributed by atoms with Crippen LogP contribution in [-0.4, -0.2) is 29.6 Å². The summed E-state index contributed by atoms with van der Waals surface area (Å²) in [7, 11) is 0. The Morgan fingerprint density at radius 2 is 2.05 bits per heavy atom. The molecular formula is C16H25ClN2. The van der Waals surface area contributed by atoms with E-state index in [4.69, 9.17) is 17.3 Å². The van der Waals surface area contributed by atoms with E-state index in [0.29, 0.717) is 12.6 Å². The van der Waals surface area contributed by atoms with Gasteiger partial charge in [0.15, 0.2) is 0 Å². The van der Waals surface area contributed by atoms with Crippen LogP contribution in [0.2, 0.25) is 5.02 Å². The smallest absolute Gasteiger partial charge is 0.0406 e. The zero-order chi connectivity index (χ0) is 13.9. The lowest BCUT2D eigenvalue weighted by atomic mass is 9.90. The Hall–Kier alpha value is -0.570. The molecule has 0 bridgehead atoms. The van der Waals surface area contributed by atoms with Gasteiger partial charge in [-0.25, -0.2) is 0 Å². The second-order valence-corrected chi connectivity index (χ2v) is 6.34. The molecule has 1 heterocycles. The molecule has 0 spiro atoms. The first-order valence-corrected chi connectivity index (χ1v) is 7.68. The molecule has 0 amide bonds. The summed E-state index contributed by atoms with van der Waals surface area (Å²) in [6, 6.07) is 8.87. The Balaban J connectivity index is 2.15. The molecule has 106 valence electrons. The summed E-state index contributed by atoms with van der Waals surface area (Å²) < 4.78 is 0. The van der Waals surface area contributed by atoms with Crippen molar-refractivity contribution in [3.05, 3.63) is 34.9 Å². The summed E-state index contributed by atoms with van der Waals surface area (Å²) in [6.45, 7) is 6.46. The highest BCUT2D eigenvalue weighted by atomic mass is 35.5. The van der Waals surface area contributed by atoms with Crippen molar-refractivity contribution in [1.82, 2.24) is 4.90 Å². The molecule has 1 aliphatic rings. The highest BCUT2D eigenvalue weighted by Crippen LogP contribution is 2.30. The van der Waals surface area contributed by atoms with Crippen LogP contribution in [0.3, 0.4) is 0 Å². The fraction of sp³-hybridized carbons (Fsp3) is 0.625. The van der Waals surface area contributed by atoms with E-state index < -0.39 is 0 Å². The first-order valence-electron chi connectivity index (χ1n) is 7.30. The number of halogens is 1. The fourth-order valence-electron chi connectivity index (χ4n) is 3.30. The average Bonchev–Trinajstić information content (AvgIpc) is 2.90. The van der Waals surface area contributed by atoms with Crippen molar-refractivity contribution in [3.63, 3.8) is 0 Å². The van der Waals surface area contributed by atoms with Crippen molar-refractivity contribution >= 4 is 11.6 Å². The Morgan fingerprint density at radius 3 is 2.63 bits per heavy atom. The van der Waals surface area contributed by atoms with Crippen LogP contribution in [-0.2, 0) is 6.42 Å². The maximum atomic E-state index is 6.11. The van der Waals surface area contributed by atoms with Gasteiger partial charge in [-0.3, -0.25) is 4.90 Å². The summed E-state index contributed by atoms with van der Waals surface area (Å²) >= 11 is 5.95. The molecule has 0 aliphatic carbocycles. The molecule has 1 aromatic rings. The second-order valence-electron chi connectivity index (χ2n) is 5.90. The zero-order valence-corrected chi connectivity index (χ0v) is 12.8. The number of hydrogen-bond acceptors (Lipinski definition) is 2. The molecule has 19 heavy (non-hydrogen) atoms. The van der Waals surface area contributed by atoms with Gasteiger partial charge in [-0.2, -0.15) is 0 Å². The van der Waals surface area contributed by atoms with Gasteiger partial charge in [0.1, 0.15) is 0 Å². The van der Waals surface area contributed by atoms with Crippen molar-refractivity contribution in [2.75, 3.05) is 13.1 Å². The standard InChI is InChI=1S/C16H25ClN2/c1-3-15-5-4-10-19(15)16(2,12-18)11-13-6-8-14(17)9-7-13/h6-9,15H,3-5,10-12,18H2,1-2H3. The predicted octanol–water partition coefficient (Wildman–Crippen LogP) is 3.47. The quantitative estimate of drug-likeness (QED) is 0.895. The largest absolute Gasteiger partial charge is 0.329 e. The molecule has 1 aliphatic heterocycles. The summed E-state index contributed by atoms with van der Waals surface area (Å²) in [6.07, 6.45) is 4.83. The Bertz CT molecular complexity index is 404. The lowest BCUT2D eigenvalue weighted by molar-refractivity contribution is 0.0935. The highest BCUT2D eigenvalue weighted by Gasteiger charge is 2.37. The number of likely N-dealkylation sites (tertiary alicyclic amines) is 1. The lowest BCUT2D eigenvalue weighted by Crippen LogP contribution is -2.55. The van der Waals surface area contributed by atoms with Gasteiger partial charge in [0.25, 0.3) is 0 Å². The number of hydrogen-bond donors (Lipinski definition) is 1. The van der Waals surface area contributed by atoms with Crippen molar-refractivity contribution < 1.29 is 0 Å². The van der Waals surface area contributed by atoms with Gasteiger partial charge < -0.3 is 5.73 Å². The van der Waals surface area contributed by atoms with E-state index in [1.807, 2.05) is 12.1 Å². The lowest BCUT2D eigenvalue weighted by Gasteiger charge is -2.42. The average molecular weight is 281 g/mol. The van der Waals surface area contributed by atoms with E-state index in [9.17, 15) is 0 Å². The SMILES string of the molecule is CCC1CCCN1C(C)(CN)Cc1ccc(Cl)cc1. The van der Waals surface area contributed by atoms with Gasteiger partial charge in [0.05, 0.1) is 0 Å². The maximum Gasteiger partial charge on any atom is 0.0406 e. The highest BCUT2D eigenvalue weighted by molar-refractivity contribution is 6.30. The van der Waals surface area contributed by atoms with Crippen LogP contribution in [0, 0.1) is 0 Å². The third-order valence-corrected chi connectivity index (χ3v) is 4.73. The van der Waals surface area contributed by atoms with E-state index >= 15 is 0 Å². The third-order valence-electron chi connectivity index (χ3n) is 4.48. The minimum absolute atomic E-state index is 0.0605. The zero-order valence-electron chi connectivity index (χ0n) is 12.0. The molecule has 2 rings (SSSR count). The van der Waals surface area contributed by atoms with E-state index in [2.05, 4.69) is 30.9 Å². The molecular weight excluding hydrogens is 256 g/mol. The van der Waals surface area contributed by atoms with Gasteiger partial charge in [-0.15, -0.1) is 0 Å². The van der Waals surface area contributed by atoms with Crippen LogP contribution in [0.1, 0.15) is 38.7 Å². The number of nitrogens with two attached hydrogens (primary N) is 1. The first-order chi connectivity index (χ1) is 9.09. The van der Waals surface area contributed by atoms with Crippen molar-refractivity contribution in [1.29, 1.82) is 0 Å². The normalized spacial score (nSPS) is 23.5. The molecule has 1 aromatic carbocycles. The Kier molecular flexibility index (Phi) is 4.88. The molecule has 3 heteroatoms. The van der Waals surface area contributed by atoms with E-state index in [0.717, 1.165) is 11.4 Å². The molecule has 0 saturated carbocycles. The number of benzene rings is 1. The van der Waals surface area contributed by atoms with Crippen molar-refractivity contribution in [2.24, 2.45) is 5.73 Å². The van der Waals surface area contributed by atoms with E-state index in [1.54, 1.807) is 0 Å². The molecule has 1 saturated heterocycles. The molecule has 2 atom stereocenters. The van der Waals surface area contributed by atoms with Crippen LogP contribution in [0.4, 0.5) is 0 Å². The Morgan fingerprint density at radius 1 is 1.37 bits per heavy atom. The van der Waals surface area contributed by atoms with Gasteiger partial charge in [0.2, 0.25) is 0 Å². The number of nitrogens with zero attached hydrogens (tertiary/aromatic N) is 1. The molecule has 0 aromatic heterocycles. The summed E-state index contributed by atoms with van der Waals surface area (Å²) in [5.41, 5.74) is 7.49. The molecule has 2 N–H and O–H groups in total. The first kappa shape index (κ1) is 14.8. The van der Waals surface area contributed by atoms with Crippen LogP contribution in [0.15, 0.2) is 24.3 Å². The van der Waals surface area contributed by atoms with Gasteiger partial charge in [-0.1, -0.05) is 30.7 Å². The molecule has 2 nitrogen and oxygen atoms in total. The van der Waals surface area contributed by atoms with E-state index in [-0.39, 0.29) is 5.54 Å². The minimum Gasteiger partial charge on any atom is -0.329 e. The predicted molar refractivity (Wildman–Crippen MR) is 82.6 cm³/mol. The van der Waals surface area contributed by atoms with E-state index in [1.165, 1.54) is 31.4 Å².